The summed E-state index contributed by atoms with van der Waals surface area (Å²) in [6.45, 7) is 0. The molecule has 0 aliphatic carbocycles. The Hall–Kier alpha value is -0.0600. The quantitative estimate of drug-likeness (QED) is 0.787. The second-order valence-electron chi connectivity index (χ2n) is 3.40. The van der Waals surface area contributed by atoms with Crippen LogP contribution in [0, 0.1) is 5.82 Å². The predicted octanol–water partition coefficient (Wildman–Crippen LogP) is 3.22. The third-order valence-corrected chi connectivity index (χ3v) is 4.14. The van der Waals surface area contributed by atoms with Gasteiger partial charge in [0, 0.05) is 16.3 Å². The Bertz CT molecular complexity index is 356. The van der Waals surface area contributed by atoms with E-state index in [1.807, 2.05) is 11.8 Å². The van der Waals surface area contributed by atoms with E-state index in [2.05, 4.69) is 15.9 Å². The molecule has 1 aromatic carbocycles. The van der Waals surface area contributed by atoms with E-state index >= 15 is 0 Å². The van der Waals surface area contributed by atoms with Crippen molar-refractivity contribution in [1.82, 2.24) is 0 Å². The minimum atomic E-state index is -0.210. The van der Waals surface area contributed by atoms with Crippen LogP contribution in [-0.4, -0.2) is 5.75 Å². The first kappa shape index (κ1) is 10.5. The average molecular weight is 276 g/mol. The van der Waals surface area contributed by atoms with Crippen LogP contribution in [0.3, 0.4) is 0 Å². The Labute approximate surface area is 95.4 Å². The minimum absolute atomic E-state index is 0.0213. The summed E-state index contributed by atoms with van der Waals surface area (Å²) >= 11 is 5.24. The Kier molecular flexibility index (Phi) is 3.14. The topological polar surface area (TPSA) is 26.0 Å². The average Bonchev–Trinajstić information content (AvgIpc) is 2.29. The van der Waals surface area contributed by atoms with Crippen molar-refractivity contribution in [3.63, 3.8) is 0 Å². The Morgan fingerprint density at radius 2 is 2.29 bits per heavy atom. The molecule has 14 heavy (non-hydrogen) atoms. The summed E-state index contributed by atoms with van der Waals surface area (Å²) in [6.07, 6.45) is 0.924. The molecule has 2 rings (SSSR count). The minimum Gasteiger partial charge on any atom is -0.324 e. The van der Waals surface area contributed by atoms with Crippen LogP contribution >= 0.6 is 27.7 Å². The number of fused-ring (bicyclic) bond motifs is 1. The van der Waals surface area contributed by atoms with E-state index in [0.717, 1.165) is 33.5 Å². The van der Waals surface area contributed by atoms with Gasteiger partial charge in [0.25, 0.3) is 0 Å². The molecule has 1 heterocycles. The Morgan fingerprint density at radius 3 is 3.07 bits per heavy atom. The van der Waals surface area contributed by atoms with E-state index in [9.17, 15) is 4.39 Å². The van der Waals surface area contributed by atoms with Crippen molar-refractivity contribution in [3.05, 3.63) is 33.5 Å². The van der Waals surface area contributed by atoms with Crippen molar-refractivity contribution in [1.29, 1.82) is 0 Å². The lowest BCUT2D eigenvalue weighted by atomic mass is 10.00. The normalized spacial score (nSPS) is 21.5. The summed E-state index contributed by atoms with van der Waals surface area (Å²) < 4.78 is 14.0. The monoisotopic (exact) mass is 275 g/mol. The molecule has 0 unspecified atom stereocenters. The number of rotatable bonds is 0. The van der Waals surface area contributed by atoms with Crippen LogP contribution in [0.2, 0.25) is 0 Å². The molecule has 2 N–H and O–H groups in total. The fourth-order valence-electron chi connectivity index (χ4n) is 1.65. The molecule has 1 aliphatic rings. The number of nitrogens with two attached hydrogens (primary N) is 1. The van der Waals surface area contributed by atoms with E-state index < -0.39 is 0 Å². The lowest BCUT2D eigenvalue weighted by molar-refractivity contribution is 0.615. The van der Waals surface area contributed by atoms with Crippen LogP contribution in [0.4, 0.5) is 4.39 Å². The first-order chi connectivity index (χ1) is 6.68. The van der Waals surface area contributed by atoms with Crippen molar-refractivity contribution in [2.24, 2.45) is 5.73 Å². The molecule has 1 aromatic rings. The van der Waals surface area contributed by atoms with Gasteiger partial charge >= 0.3 is 0 Å². The van der Waals surface area contributed by atoms with Crippen molar-refractivity contribution < 1.29 is 4.39 Å². The molecule has 4 heteroatoms. The molecule has 1 nitrogen and oxygen atoms in total. The van der Waals surface area contributed by atoms with E-state index in [1.54, 1.807) is 6.07 Å². The van der Waals surface area contributed by atoms with Crippen LogP contribution < -0.4 is 5.73 Å². The lowest BCUT2D eigenvalue weighted by Crippen LogP contribution is -2.12. The van der Waals surface area contributed by atoms with Crippen molar-refractivity contribution in [2.75, 3.05) is 5.75 Å². The highest BCUT2D eigenvalue weighted by Gasteiger charge is 2.18. The van der Waals surface area contributed by atoms with Gasteiger partial charge in [-0.15, -0.1) is 0 Å². The maximum absolute atomic E-state index is 13.2. The fraction of sp³-hybridized carbons (Fsp3) is 0.400. The van der Waals surface area contributed by atoms with Crippen LogP contribution in [0.1, 0.15) is 23.6 Å². The number of halogens is 2. The van der Waals surface area contributed by atoms with Gasteiger partial charge in [0.15, 0.2) is 0 Å². The van der Waals surface area contributed by atoms with Gasteiger partial charge in [0.05, 0.1) is 0 Å². The summed E-state index contributed by atoms with van der Waals surface area (Å²) in [5.41, 5.74) is 8.10. The summed E-state index contributed by atoms with van der Waals surface area (Å²) in [4.78, 5) is 0. The number of thioether (sulfide) groups is 1. The summed E-state index contributed by atoms with van der Waals surface area (Å²) in [5, 5.41) is 0. The molecule has 0 aromatic heterocycles. The van der Waals surface area contributed by atoms with Crippen LogP contribution in [0.15, 0.2) is 16.6 Å². The summed E-state index contributed by atoms with van der Waals surface area (Å²) in [6, 6.07) is 3.06. The van der Waals surface area contributed by atoms with Crippen molar-refractivity contribution >= 4 is 27.7 Å². The lowest BCUT2D eigenvalue weighted by Gasteiger charge is -2.13. The Balaban J connectivity index is 2.53. The van der Waals surface area contributed by atoms with Gasteiger partial charge in [-0.1, -0.05) is 15.9 Å². The second-order valence-corrected chi connectivity index (χ2v) is 5.36. The highest BCUT2D eigenvalue weighted by Crippen LogP contribution is 2.34. The number of hydrogen-bond acceptors (Lipinski definition) is 2. The number of benzene rings is 1. The van der Waals surface area contributed by atoms with Crippen LogP contribution in [0.5, 0.6) is 0 Å². The van der Waals surface area contributed by atoms with Crippen molar-refractivity contribution in [3.8, 4) is 0 Å². The third-order valence-electron chi connectivity index (χ3n) is 2.41. The van der Waals surface area contributed by atoms with Crippen molar-refractivity contribution in [2.45, 2.75) is 18.2 Å². The maximum atomic E-state index is 13.2. The first-order valence-corrected chi connectivity index (χ1v) is 6.44. The van der Waals surface area contributed by atoms with Gasteiger partial charge in [-0.2, -0.15) is 11.8 Å². The van der Waals surface area contributed by atoms with E-state index in [-0.39, 0.29) is 11.9 Å². The largest absolute Gasteiger partial charge is 0.324 e. The zero-order valence-corrected chi connectivity index (χ0v) is 10.00. The van der Waals surface area contributed by atoms with Gasteiger partial charge in [-0.25, -0.2) is 4.39 Å². The molecule has 0 spiro atoms. The van der Waals surface area contributed by atoms with E-state index in [4.69, 9.17) is 5.73 Å². The van der Waals surface area contributed by atoms with E-state index in [1.165, 1.54) is 6.07 Å². The summed E-state index contributed by atoms with van der Waals surface area (Å²) in [5.74, 6) is 1.76. The standard InChI is InChI=1S/C10H11BrFNS/c11-9-4-6(12)3-7-8(9)5-14-2-1-10(7)13/h3-4,10H,1-2,5,13H2/t10-/m0/s1. The number of hydrogen-bond donors (Lipinski definition) is 1. The zero-order chi connectivity index (χ0) is 10.1. The van der Waals surface area contributed by atoms with Crippen LogP contribution in [-0.2, 0) is 5.75 Å². The SMILES string of the molecule is N[C@H]1CCSCc2c(Br)cc(F)cc21. The summed E-state index contributed by atoms with van der Waals surface area (Å²) in [7, 11) is 0. The molecule has 0 radical (unpaired) electrons. The van der Waals surface area contributed by atoms with Crippen LogP contribution in [0.25, 0.3) is 0 Å². The second kappa shape index (κ2) is 4.21. The molecule has 0 bridgehead atoms. The molecule has 0 amide bonds. The van der Waals surface area contributed by atoms with Gasteiger partial charge in [0.1, 0.15) is 5.82 Å². The molecular formula is C10H11BrFNS. The zero-order valence-electron chi connectivity index (χ0n) is 7.59. The predicted molar refractivity (Wildman–Crippen MR) is 61.8 cm³/mol. The van der Waals surface area contributed by atoms with Gasteiger partial charge in [0.2, 0.25) is 0 Å². The molecular weight excluding hydrogens is 265 g/mol. The van der Waals surface area contributed by atoms with Gasteiger partial charge in [-0.3, -0.25) is 0 Å². The highest BCUT2D eigenvalue weighted by molar-refractivity contribution is 9.10. The fourth-order valence-corrected chi connectivity index (χ4v) is 3.51. The van der Waals surface area contributed by atoms with Gasteiger partial charge in [-0.05, 0) is 35.4 Å². The highest BCUT2D eigenvalue weighted by atomic mass is 79.9. The smallest absolute Gasteiger partial charge is 0.124 e. The first-order valence-electron chi connectivity index (χ1n) is 4.49. The molecule has 76 valence electrons. The maximum Gasteiger partial charge on any atom is 0.124 e. The molecule has 0 saturated heterocycles. The third kappa shape index (κ3) is 1.97. The van der Waals surface area contributed by atoms with E-state index in [0.29, 0.717) is 0 Å². The molecule has 1 aliphatic heterocycles. The molecule has 1 atom stereocenters. The van der Waals surface area contributed by atoms with Gasteiger partial charge < -0.3 is 5.73 Å². The Morgan fingerprint density at radius 1 is 1.50 bits per heavy atom. The molecule has 0 fully saturated rings. The molecule has 0 saturated carbocycles.